The predicted molar refractivity (Wildman–Crippen MR) is 58.7 cm³/mol. The molecule has 0 spiro atoms. The van der Waals surface area contributed by atoms with Crippen LogP contribution in [0.4, 0.5) is 13.2 Å². The second-order valence-corrected chi connectivity index (χ2v) is 4.09. The van der Waals surface area contributed by atoms with E-state index in [0.29, 0.717) is 0 Å². The number of aromatic amines is 1. The highest BCUT2D eigenvalue weighted by molar-refractivity contribution is 5.33. The van der Waals surface area contributed by atoms with E-state index in [1.807, 2.05) is 0 Å². The second kappa shape index (κ2) is 4.13. The van der Waals surface area contributed by atoms with Crippen LogP contribution in [-0.2, 0) is 11.8 Å². The second-order valence-electron chi connectivity index (χ2n) is 4.09. The number of aromatic nitrogens is 2. The minimum atomic E-state index is -4.44. The first-order valence-electron chi connectivity index (χ1n) is 5.22. The number of nitrogens with one attached hydrogen (secondary N) is 1. The molecule has 1 atom stereocenters. The van der Waals surface area contributed by atoms with Gasteiger partial charge in [-0.15, -0.1) is 0 Å². The van der Waals surface area contributed by atoms with Gasteiger partial charge in [0.2, 0.25) is 0 Å². The summed E-state index contributed by atoms with van der Waals surface area (Å²) in [7, 11) is 0. The van der Waals surface area contributed by atoms with Gasteiger partial charge in [-0.3, -0.25) is 0 Å². The highest BCUT2D eigenvalue weighted by atomic mass is 19.4. The molecule has 3 nitrogen and oxygen atoms in total. The average Bonchev–Trinajstić information content (AvgIpc) is 2.82. The van der Waals surface area contributed by atoms with Crippen LogP contribution in [0.2, 0.25) is 0 Å². The Morgan fingerprint density at radius 3 is 2.44 bits per heavy atom. The molecule has 2 rings (SSSR count). The molecule has 0 fully saturated rings. The predicted octanol–water partition coefficient (Wildman–Crippen LogP) is 2.68. The number of imidazole rings is 1. The van der Waals surface area contributed by atoms with Crippen LogP contribution in [0.15, 0.2) is 36.7 Å². The van der Waals surface area contributed by atoms with E-state index in [9.17, 15) is 18.3 Å². The molecule has 6 heteroatoms. The van der Waals surface area contributed by atoms with E-state index >= 15 is 0 Å². The summed E-state index contributed by atoms with van der Waals surface area (Å²) in [6.07, 6.45) is -1.51. The van der Waals surface area contributed by atoms with Crippen molar-refractivity contribution in [3.63, 3.8) is 0 Å². The van der Waals surface area contributed by atoms with Crippen molar-refractivity contribution >= 4 is 0 Å². The molecular formula is C12H11F3N2O. The number of alkyl halides is 3. The smallest absolute Gasteiger partial charge is 0.377 e. The van der Waals surface area contributed by atoms with Crippen molar-refractivity contribution in [2.75, 3.05) is 0 Å². The molecule has 0 saturated carbocycles. The summed E-state index contributed by atoms with van der Waals surface area (Å²) in [5.41, 5.74) is -2.26. The number of hydrogen-bond donors (Lipinski definition) is 2. The van der Waals surface area contributed by atoms with Gasteiger partial charge in [-0.05, 0) is 24.6 Å². The van der Waals surface area contributed by atoms with E-state index in [2.05, 4.69) is 9.97 Å². The van der Waals surface area contributed by atoms with Gasteiger partial charge in [-0.25, -0.2) is 4.98 Å². The fourth-order valence-corrected chi connectivity index (χ4v) is 1.67. The van der Waals surface area contributed by atoms with E-state index < -0.39 is 17.3 Å². The summed E-state index contributed by atoms with van der Waals surface area (Å²) in [4.78, 5) is 6.56. The van der Waals surface area contributed by atoms with Crippen molar-refractivity contribution in [2.45, 2.75) is 18.7 Å². The molecule has 18 heavy (non-hydrogen) atoms. The largest absolute Gasteiger partial charge is 0.416 e. The van der Waals surface area contributed by atoms with E-state index in [-0.39, 0.29) is 11.4 Å². The van der Waals surface area contributed by atoms with Crippen molar-refractivity contribution in [1.29, 1.82) is 0 Å². The Morgan fingerprint density at radius 2 is 1.89 bits per heavy atom. The standard InChI is InChI=1S/C12H11F3N2O/c1-11(18,10-16-5-6-17-10)8-3-2-4-9(7-8)12(13,14)15/h2-7,18H,1H3,(H,16,17). The van der Waals surface area contributed by atoms with Crippen LogP contribution in [0, 0.1) is 0 Å². The van der Waals surface area contributed by atoms with Gasteiger partial charge in [0.05, 0.1) is 5.56 Å². The molecule has 0 bridgehead atoms. The molecule has 96 valence electrons. The Kier molecular flexibility index (Phi) is 2.90. The lowest BCUT2D eigenvalue weighted by Crippen LogP contribution is -2.25. The lowest BCUT2D eigenvalue weighted by molar-refractivity contribution is -0.137. The Labute approximate surface area is 101 Å². The number of aliphatic hydroxyl groups is 1. The molecule has 1 unspecified atom stereocenters. The summed E-state index contributed by atoms with van der Waals surface area (Å²) in [6, 6.07) is 4.57. The van der Waals surface area contributed by atoms with E-state index in [1.54, 1.807) is 0 Å². The lowest BCUT2D eigenvalue weighted by atomic mass is 9.93. The highest BCUT2D eigenvalue weighted by Crippen LogP contribution is 2.33. The van der Waals surface area contributed by atoms with E-state index in [0.717, 1.165) is 12.1 Å². The Balaban J connectivity index is 2.46. The minimum Gasteiger partial charge on any atom is -0.377 e. The number of halogens is 3. The topological polar surface area (TPSA) is 48.9 Å². The van der Waals surface area contributed by atoms with Gasteiger partial charge in [0.25, 0.3) is 0 Å². The van der Waals surface area contributed by atoms with Crippen molar-refractivity contribution in [2.24, 2.45) is 0 Å². The minimum absolute atomic E-state index is 0.132. The average molecular weight is 256 g/mol. The summed E-state index contributed by atoms with van der Waals surface area (Å²) in [5, 5.41) is 10.3. The first-order valence-corrected chi connectivity index (χ1v) is 5.22. The lowest BCUT2D eigenvalue weighted by Gasteiger charge is -2.22. The maximum atomic E-state index is 12.6. The maximum Gasteiger partial charge on any atom is 0.416 e. The SMILES string of the molecule is CC(O)(c1cccc(C(F)(F)F)c1)c1ncc[nH]1. The van der Waals surface area contributed by atoms with Crippen molar-refractivity contribution in [3.05, 3.63) is 53.6 Å². The number of H-pyrrole nitrogens is 1. The fraction of sp³-hybridized carbons (Fsp3) is 0.250. The van der Waals surface area contributed by atoms with E-state index in [1.165, 1.54) is 31.5 Å². The number of nitrogens with zero attached hydrogens (tertiary/aromatic N) is 1. The molecule has 2 N–H and O–H groups in total. The Morgan fingerprint density at radius 1 is 1.22 bits per heavy atom. The zero-order chi connectivity index (χ0) is 13.4. The van der Waals surface area contributed by atoms with Gasteiger partial charge < -0.3 is 10.1 Å². The van der Waals surface area contributed by atoms with Gasteiger partial charge in [-0.2, -0.15) is 13.2 Å². The van der Waals surface area contributed by atoms with Crippen LogP contribution in [-0.4, -0.2) is 15.1 Å². The summed E-state index contributed by atoms with van der Waals surface area (Å²) < 4.78 is 37.8. The van der Waals surface area contributed by atoms with Crippen LogP contribution >= 0.6 is 0 Å². The summed E-state index contributed by atoms with van der Waals surface area (Å²) in [5.74, 6) is 0.196. The highest BCUT2D eigenvalue weighted by Gasteiger charge is 2.34. The molecule has 0 radical (unpaired) electrons. The Hall–Kier alpha value is -1.82. The molecular weight excluding hydrogens is 245 g/mol. The third-order valence-electron chi connectivity index (χ3n) is 2.71. The third-order valence-corrected chi connectivity index (χ3v) is 2.71. The normalized spacial score (nSPS) is 15.4. The summed E-state index contributed by atoms with van der Waals surface area (Å²) >= 11 is 0. The van der Waals surface area contributed by atoms with Crippen molar-refractivity contribution in [3.8, 4) is 0 Å². The first-order chi connectivity index (χ1) is 8.32. The number of benzene rings is 1. The zero-order valence-electron chi connectivity index (χ0n) is 9.49. The molecule has 0 aliphatic heterocycles. The van der Waals surface area contributed by atoms with Crippen LogP contribution in [0.25, 0.3) is 0 Å². The van der Waals surface area contributed by atoms with E-state index in [4.69, 9.17) is 0 Å². The van der Waals surface area contributed by atoms with Crippen LogP contribution < -0.4 is 0 Å². The molecule has 0 amide bonds. The fourth-order valence-electron chi connectivity index (χ4n) is 1.67. The molecule has 1 heterocycles. The first kappa shape index (κ1) is 12.6. The summed E-state index contributed by atoms with van der Waals surface area (Å²) in [6.45, 7) is 1.39. The third kappa shape index (κ3) is 2.24. The quantitative estimate of drug-likeness (QED) is 0.867. The zero-order valence-corrected chi connectivity index (χ0v) is 9.49. The van der Waals surface area contributed by atoms with Crippen molar-refractivity contribution < 1.29 is 18.3 Å². The van der Waals surface area contributed by atoms with Gasteiger partial charge in [-0.1, -0.05) is 12.1 Å². The van der Waals surface area contributed by atoms with Gasteiger partial charge in [0, 0.05) is 12.4 Å². The van der Waals surface area contributed by atoms with Gasteiger partial charge >= 0.3 is 6.18 Å². The Bertz CT molecular complexity index is 533. The number of rotatable bonds is 2. The van der Waals surface area contributed by atoms with Crippen molar-refractivity contribution in [1.82, 2.24) is 9.97 Å². The van der Waals surface area contributed by atoms with Crippen LogP contribution in [0.1, 0.15) is 23.9 Å². The maximum absolute atomic E-state index is 12.6. The number of hydrogen-bond acceptors (Lipinski definition) is 2. The monoisotopic (exact) mass is 256 g/mol. The van der Waals surface area contributed by atoms with Crippen LogP contribution in [0.5, 0.6) is 0 Å². The molecule has 0 aliphatic carbocycles. The van der Waals surface area contributed by atoms with Crippen LogP contribution in [0.3, 0.4) is 0 Å². The molecule has 0 saturated heterocycles. The van der Waals surface area contributed by atoms with Gasteiger partial charge in [0.15, 0.2) is 0 Å². The molecule has 0 aliphatic rings. The molecule has 2 aromatic rings. The molecule has 1 aromatic heterocycles. The molecule has 1 aromatic carbocycles. The van der Waals surface area contributed by atoms with Gasteiger partial charge in [0.1, 0.15) is 11.4 Å².